The van der Waals surface area contributed by atoms with Crippen LogP contribution in [0.1, 0.15) is 13.3 Å². The van der Waals surface area contributed by atoms with Crippen LogP contribution in [0.3, 0.4) is 0 Å². The molecule has 0 aliphatic carbocycles. The lowest BCUT2D eigenvalue weighted by atomic mass is 9.84. The minimum Gasteiger partial charge on any atom is -0.379 e. The van der Waals surface area contributed by atoms with Crippen LogP contribution >= 0.6 is 0 Å². The fraction of sp³-hybridized carbons (Fsp3) is 0.818. The number of likely N-dealkylation sites (N-methyl/N-ethyl adjacent to an activating group) is 1. The third kappa shape index (κ3) is 2.02. The van der Waals surface area contributed by atoms with Crippen LogP contribution in [-0.2, 0) is 14.3 Å². The van der Waals surface area contributed by atoms with E-state index < -0.39 is 11.5 Å². The fourth-order valence-corrected chi connectivity index (χ4v) is 2.20. The molecule has 3 atom stereocenters. The zero-order valence-corrected chi connectivity index (χ0v) is 10.2. The molecule has 3 N–H and O–H groups in total. The summed E-state index contributed by atoms with van der Waals surface area (Å²) in [6.45, 7) is 3.17. The molecule has 3 unspecified atom stereocenters. The van der Waals surface area contributed by atoms with E-state index >= 15 is 0 Å². The van der Waals surface area contributed by atoms with Crippen molar-refractivity contribution >= 4 is 11.8 Å². The van der Waals surface area contributed by atoms with Crippen molar-refractivity contribution in [2.75, 3.05) is 26.8 Å². The van der Waals surface area contributed by atoms with Gasteiger partial charge in [0, 0.05) is 19.6 Å². The van der Waals surface area contributed by atoms with Gasteiger partial charge in [-0.2, -0.15) is 0 Å². The van der Waals surface area contributed by atoms with E-state index in [1.54, 1.807) is 18.9 Å². The number of nitrogens with two attached hydrogens (primary N) is 1. The van der Waals surface area contributed by atoms with Crippen molar-refractivity contribution in [2.24, 2.45) is 11.1 Å². The van der Waals surface area contributed by atoms with E-state index in [1.807, 2.05) is 0 Å². The van der Waals surface area contributed by atoms with Crippen molar-refractivity contribution in [2.45, 2.75) is 25.4 Å². The molecule has 2 fully saturated rings. The van der Waals surface area contributed by atoms with Gasteiger partial charge in [-0.1, -0.05) is 0 Å². The van der Waals surface area contributed by atoms with Crippen LogP contribution in [-0.4, -0.2) is 55.6 Å². The highest BCUT2D eigenvalue weighted by molar-refractivity contribution is 5.91. The van der Waals surface area contributed by atoms with Crippen molar-refractivity contribution < 1.29 is 14.3 Å². The molecule has 0 aromatic carbocycles. The first-order valence-electron chi connectivity index (χ1n) is 5.84. The smallest absolute Gasteiger partial charge is 0.244 e. The number of likely N-dealkylation sites (tertiary alicyclic amines) is 1. The minimum absolute atomic E-state index is 0.0329. The summed E-state index contributed by atoms with van der Waals surface area (Å²) < 4.78 is 5.22. The van der Waals surface area contributed by atoms with Crippen LogP contribution in [0.25, 0.3) is 0 Å². The molecule has 0 radical (unpaired) electrons. The highest BCUT2D eigenvalue weighted by atomic mass is 16.5. The zero-order chi connectivity index (χ0) is 12.6. The Labute approximate surface area is 100 Å². The molecule has 96 valence electrons. The lowest BCUT2D eigenvalue weighted by Crippen LogP contribution is -2.53. The van der Waals surface area contributed by atoms with Gasteiger partial charge in [-0.05, 0) is 13.3 Å². The Balaban J connectivity index is 2.00. The molecule has 0 spiro atoms. The molecule has 0 saturated carbocycles. The molecule has 2 amide bonds. The summed E-state index contributed by atoms with van der Waals surface area (Å²) in [5.41, 5.74) is 5.15. The summed E-state index contributed by atoms with van der Waals surface area (Å²) in [5.74, 6) is -0.217. The first-order chi connectivity index (χ1) is 7.95. The van der Waals surface area contributed by atoms with E-state index in [2.05, 4.69) is 5.32 Å². The summed E-state index contributed by atoms with van der Waals surface area (Å²) in [7, 11) is 1.74. The highest BCUT2D eigenvalue weighted by Crippen LogP contribution is 2.27. The van der Waals surface area contributed by atoms with E-state index in [0.717, 1.165) is 0 Å². The quantitative estimate of drug-likeness (QED) is 0.629. The normalized spacial score (nSPS) is 37.6. The van der Waals surface area contributed by atoms with Gasteiger partial charge in [0.1, 0.15) is 6.04 Å². The second kappa shape index (κ2) is 4.27. The summed E-state index contributed by atoms with van der Waals surface area (Å²) >= 11 is 0. The van der Waals surface area contributed by atoms with Crippen molar-refractivity contribution in [3.05, 3.63) is 0 Å². The Kier molecular flexibility index (Phi) is 3.09. The standard InChI is InChI=1S/C11H19N3O3/c1-11(6-17-5-8(11)12)10(16)13-7-3-4-14(2)9(7)15/h7-8H,3-6,12H2,1-2H3,(H,13,16). The van der Waals surface area contributed by atoms with Gasteiger partial charge in [-0.3, -0.25) is 9.59 Å². The molecule has 2 heterocycles. The molecule has 0 aromatic heterocycles. The van der Waals surface area contributed by atoms with Gasteiger partial charge in [0.25, 0.3) is 0 Å². The number of hydrogen-bond acceptors (Lipinski definition) is 4. The fourth-order valence-electron chi connectivity index (χ4n) is 2.20. The first-order valence-corrected chi connectivity index (χ1v) is 5.84. The molecule has 2 aliphatic heterocycles. The minimum atomic E-state index is -0.721. The van der Waals surface area contributed by atoms with Gasteiger partial charge in [0.05, 0.1) is 18.6 Å². The molecule has 2 aliphatic rings. The third-order valence-corrected chi connectivity index (χ3v) is 3.77. The van der Waals surface area contributed by atoms with Crippen LogP contribution < -0.4 is 11.1 Å². The molecule has 6 nitrogen and oxygen atoms in total. The van der Waals surface area contributed by atoms with Gasteiger partial charge in [-0.25, -0.2) is 0 Å². The molecule has 0 aromatic rings. The monoisotopic (exact) mass is 241 g/mol. The molecule has 0 bridgehead atoms. The van der Waals surface area contributed by atoms with Crippen molar-refractivity contribution in [1.29, 1.82) is 0 Å². The maximum atomic E-state index is 12.1. The van der Waals surface area contributed by atoms with Crippen molar-refractivity contribution in [3.63, 3.8) is 0 Å². The number of rotatable bonds is 2. The van der Waals surface area contributed by atoms with Crippen LogP contribution in [0.5, 0.6) is 0 Å². The summed E-state index contributed by atoms with van der Waals surface area (Å²) in [6.07, 6.45) is 0.660. The molecule has 6 heteroatoms. The van der Waals surface area contributed by atoms with Crippen LogP contribution in [0.2, 0.25) is 0 Å². The first kappa shape index (κ1) is 12.3. The lowest BCUT2D eigenvalue weighted by molar-refractivity contribution is -0.136. The van der Waals surface area contributed by atoms with E-state index in [1.165, 1.54) is 0 Å². The maximum Gasteiger partial charge on any atom is 0.244 e. The number of carbonyl (C=O) groups is 2. The van der Waals surface area contributed by atoms with Gasteiger partial charge < -0.3 is 20.7 Å². The molecular weight excluding hydrogens is 222 g/mol. The van der Waals surface area contributed by atoms with Crippen molar-refractivity contribution in [3.8, 4) is 0 Å². The average Bonchev–Trinajstić information content (AvgIpc) is 2.78. The number of carbonyl (C=O) groups excluding carboxylic acids is 2. The Bertz CT molecular complexity index is 347. The number of amides is 2. The molecule has 2 rings (SSSR count). The maximum absolute atomic E-state index is 12.1. The highest BCUT2D eigenvalue weighted by Gasteiger charge is 2.46. The van der Waals surface area contributed by atoms with E-state index in [9.17, 15) is 9.59 Å². The topological polar surface area (TPSA) is 84.7 Å². The summed E-state index contributed by atoms with van der Waals surface area (Å²) in [5, 5.41) is 2.78. The number of nitrogens with zero attached hydrogens (tertiary/aromatic N) is 1. The van der Waals surface area contributed by atoms with Gasteiger partial charge in [0.15, 0.2) is 0 Å². The lowest BCUT2D eigenvalue weighted by Gasteiger charge is -2.26. The largest absolute Gasteiger partial charge is 0.379 e. The predicted molar refractivity (Wildman–Crippen MR) is 61.1 cm³/mol. The molecule has 17 heavy (non-hydrogen) atoms. The van der Waals surface area contributed by atoms with Crippen molar-refractivity contribution in [1.82, 2.24) is 10.2 Å². The zero-order valence-electron chi connectivity index (χ0n) is 10.2. The van der Waals surface area contributed by atoms with Crippen LogP contribution in [0, 0.1) is 5.41 Å². The number of ether oxygens (including phenoxy) is 1. The molecular formula is C11H19N3O3. The summed E-state index contributed by atoms with van der Waals surface area (Å²) in [4.78, 5) is 25.5. The Morgan fingerprint density at radius 2 is 2.35 bits per heavy atom. The SMILES string of the molecule is CN1CCC(NC(=O)C2(C)COCC2N)C1=O. The van der Waals surface area contributed by atoms with E-state index in [4.69, 9.17) is 10.5 Å². The second-order valence-corrected chi connectivity index (χ2v) is 5.11. The Morgan fingerprint density at radius 3 is 2.82 bits per heavy atom. The Morgan fingerprint density at radius 1 is 1.65 bits per heavy atom. The van der Waals surface area contributed by atoms with Gasteiger partial charge >= 0.3 is 0 Å². The van der Waals surface area contributed by atoms with Crippen LogP contribution in [0.4, 0.5) is 0 Å². The second-order valence-electron chi connectivity index (χ2n) is 5.11. The molecule has 2 saturated heterocycles. The van der Waals surface area contributed by atoms with Gasteiger partial charge in [-0.15, -0.1) is 0 Å². The average molecular weight is 241 g/mol. The van der Waals surface area contributed by atoms with E-state index in [-0.39, 0.29) is 17.9 Å². The van der Waals surface area contributed by atoms with Crippen LogP contribution in [0.15, 0.2) is 0 Å². The van der Waals surface area contributed by atoms with Gasteiger partial charge in [0.2, 0.25) is 11.8 Å². The summed E-state index contributed by atoms with van der Waals surface area (Å²) in [6, 6.07) is -0.714. The predicted octanol–water partition coefficient (Wildman–Crippen LogP) is -1.30. The number of hydrogen-bond donors (Lipinski definition) is 2. The number of nitrogens with one attached hydrogen (secondary N) is 1. The van der Waals surface area contributed by atoms with E-state index in [0.29, 0.717) is 26.2 Å². The third-order valence-electron chi connectivity index (χ3n) is 3.77. The Hall–Kier alpha value is -1.14.